The number of nitrogens with one attached hydrogen (secondary N) is 3. The molecule has 0 saturated carbocycles. The van der Waals surface area contributed by atoms with Crippen molar-refractivity contribution in [3.8, 4) is 0 Å². The number of unbranched alkanes of at least 4 members (excludes halogenated alkanes) is 4. The van der Waals surface area contributed by atoms with E-state index in [4.69, 9.17) is 47.0 Å². The topological polar surface area (TPSA) is 53.2 Å². The highest BCUT2D eigenvalue weighted by atomic mass is 35.6. The van der Waals surface area contributed by atoms with Gasteiger partial charge in [0.25, 0.3) is 0 Å². The maximum absolute atomic E-state index is 12.3. The molecular formula is C21H26Cl3N3OS. The van der Waals surface area contributed by atoms with Gasteiger partial charge in [0.05, 0.1) is 0 Å². The fraction of sp³-hybridized carbons (Fsp3) is 0.429. The normalized spacial score (nSPS) is 12.4. The first-order chi connectivity index (χ1) is 13.8. The van der Waals surface area contributed by atoms with Crippen molar-refractivity contribution in [2.75, 3.05) is 5.32 Å². The molecule has 8 heteroatoms. The minimum Gasteiger partial charge on any atom is -0.339 e. The molecular weight excluding hydrogens is 449 g/mol. The summed E-state index contributed by atoms with van der Waals surface area (Å²) in [5.74, 6) is -0.182. The maximum atomic E-state index is 12.3. The van der Waals surface area contributed by atoms with Crippen LogP contribution in [-0.2, 0) is 4.79 Å². The Morgan fingerprint density at radius 3 is 2.41 bits per heavy atom. The minimum atomic E-state index is -1.76. The van der Waals surface area contributed by atoms with Crippen molar-refractivity contribution < 1.29 is 4.79 Å². The molecule has 0 saturated heterocycles. The molecule has 0 fully saturated rings. The van der Waals surface area contributed by atoms with Crippen molar-refractivity contribution in [3.63, 3.8) is 0 Å². The molecule has 2 rings (SSSR count). The molecule has 0 heterocycles. The van der Waals surface area contributed by atoms with Gasteiger partial charge in [0.2, 0.25) is 9.70 Å². The largest absolute Gasteiger partial charge is 0.339 e. The van der Waals surface area contributed by atoms with Crippen LogP contribution in [0.1, 0.15) is 45.4 Å². The third-order valence-corrected chi connectivity index (χ3v) is 5.33. The van der Waals surface area contributed by atoms with E-state index in [2.05, 4.69) is 22.9 Å². The maximum Gasteiger partial charge on any atom is 0.228 e. The van der Waals surface area contributed by atoms with Crippen LogP contribution in [0.25, 0.3) is 10.8 Å². The predicted octanol–water partition coefficient (Wildman–Crippen LogP) is 6.30. The number of carbonyl (C=O) groups is 1. The van der Waals surface area contributed by atoms with E-state index in [0.717, 1.165) is 42.1 Å². The van der Waals surface area contributed by atoms with E-state index in [1.165, 1.54) is 6.42 Å². The number of rotatable bonds is 9. The van der Waals surface area contributed by atoms with Gasteiger partial charge in [0.1, 0.15) is 6.17 Å². The van der Waals surface area contributed by atoms with Crippen molar-refractivity contribution in [1.29, 1.82) is 0 Å². The molecule has 2 aromatic carbocycles. The molecule has 1 atom stereocenters. The Balaban J connectivity index is 1.95. The Kier molecular flexibility index (Phi) is 9.76. The third kappa shape index (κ3) is 8.17. The molecule has 0 aliphatic rings. The standard InChI is InChI=1S/C21H26Cl3N3OS/c1-2-3-4-5-6-14-18(28)26-19(21(22,23)24)27-20(29)25-17-13-9-11-15-10-7-8-12-16(15)17/h7-13,19H,2-6,14H2,1H3,(H,26,28)(H2,25,27,29)/t19-/m1/s1. The molecule has 0 aliphatic carbocycles. The molecule has 0 bridgehead atoms. The van der Waals surface area contributed by atoms with Crippen molar-refractivity contribution >= 4 is 74.5 Å². The van der Waals surface area contributed by atoms with E-state index in [9.17, 15) is 4.79 Å². The Bertz CT molecular complexity index is 821. The van der Waals surface area contributed by atoms with E-state index >= 15 is 0 Å². The van der Waals surface area contributed by atoms with Crippen LogP contribution >= 0.6 is 47.0 Å². The van der Waals surface area contributed by atoms with Gasteiger partial charge in [-0.1, -0.05) is 104 Å². The van der Waals surface area contributed by atoms with E-state index < -0.39 is 9.96 Å². The average molecular weight is 475 g/mol. The number of amides is 1. The van der Waals surface area contributed by atoms with Gasteiger partial charge in [0.15, 0.2) is 5.11 Å². The second-order valence-corrected chi connectivity index (χ2v) is 9.61. The van der Waals surface area contributed by atoms with E-state index in [-0.39, 0.29) is 11.0 Å². The molecule has 29 heavy (non-hydrogen) atoms. The number of anilines is 1. The summed E-state index contributed by atoms with van der Waals surface area (Å²) in [7, 11) is 0. The first-order valence-electron chi connectivity index (χ1n) is 9.72. The SMILES string of the molecule is CCCCCCCC(=O)N[C@H](NC(=S)Nc1cccc2ccccc12)C(Cl)(Cl)Cl. The lowest BCUT2D eigenvalue weighted by Crippen LogP contribution is -2.56. The summed E-state index contributed by atoms with van der Waals surface area (Å²) in [6, 6.07) is 13.8. The minimum absolute atomic E-state index is 0.182. The van der Waals surface area contributed by atoms with Gasteiger partial charge in [-0.3, -0.25) is 4.79 Å². The molecule has 0 unspecified atom stereocenters. The lowest BCUT2D eigenvalue weighted by atomic mass is 10.1. The van der Waals surface area contributed by atoms with Gasteiger partial charge in [-0.15, -0.1) is 0 Å². The molecule has 0 aliphatic heterocycles. The molecule has 0 radical (unpaired) electrons. The highest BCUT2D eigenvalue weighted by Crippen LogP contribution is 2.29. The zero-order valence-electron chi connectivity index (χ0n) is 16.3. The van der Waals surface area contributed by atoms with E-state index in [1.807, 2.05) is 42.5 Å². The van der Waals surface area contributed by atoms with Crippen molar-refractivity contribution in [2.45, 2.75) is 55.4 Å². The Morgan fingerprint density at radius 1 is 1.00 bits per heavy atom. The number of hydrogen-bond donors (Lipinski definition) is 3. The number of alkyl halides is 3. The summed E-state index contributed by atoms with van der Waals surface area (Å²) in [5, 5.41) is 11.1. The number of benzene rings is 2. The number of halogens is 3. The van der Waals surface area contributed by atoms with Crippen LogP contribution in [0, 0.1) is 0 Å². The molecule has 1 amide bonds. The second-order valence-electron chi connectivity index (χ2n) is 6.83. The Morgan fingerprint density at radius 2 is 1.69 bits per heavy atom. The third-order valence-electron chi connectivity index (χ3n) is 4.45. The van der Waals surface area contributed by atoms with Crippen LogP contribution in [0.5, 0.6) is 0 Å². The molecule has 3 N–H and O–H groups in total. The lowest BCUT2D eigenvalue weighted by molar-refractivity contribution is -0.122. The Labute approximate surface area is 192 Å². The molecule has 0 aromatic heterocycles. The first kappa shape index (κ1) is 24.0. The van der Waals surface area contributed by atoms with Crippen LogP contribution in [0.4, 0.5) is 5.69 Å². The zero-order chi connectivity index (χ0) is 21.3. The van der Waals surface area contributed by atoms with Crippen LogP contribution in [0.2, 0.25) is 0 Å². The lowest BCUT2D eigenvalue weighted by Gasteiger charge is -2.28. The quantitative estimate of drug-likeness (QED) is 0.173. The van der Waals surface area contributed by atoms with Crippen molar-refractivity contribution in [1.82, 2.24) is 10.6 Å². The first-order valence-corrected chi connectivity index (χ1v) is 11.3. The summed E-state index contributed by atoms with van der Waals surface area (Å²) in [4.78, 5) is 12.3. The summed E-state index contributed by atoms with van der Waals surface area (Å²) < 4.78 is -1.76. The van der Waals surface area contributed by atoms with E-state index in [1.54, 1.807) is 0 Å². The summed E-state index contributed by atoms with van der Waals surface area (Å²) >= 11 is 23.5. The van der Waals surface area contributed by atoms with Crippen LogP contribution < -0.4 is 16.0 Å². The smallest absolute Gasteiger partial charge is 0.228 e. The van der Waals surface area contributed by atoms with Gasteiger partial charge in [-0.05, 0) is 30.1 Å². The fourth-order valence-corrected chi connectivity index (χ4v) is 3.50. The number of fused-ring (bicyclic) bond motifs is 1. The summed E-state index contributed by atoms with van der Waals surface area (Å²) in [6.45, 7) is 2.15. The van der Waals surface area contributed by atoms with Gasteiger partial charge in [-0.25, -0.2) is 0 Å². The average Bonchev–Trinajstić information content (AvgIpc) is 2.67. The van der Waals surface area contributed by atoms with Gasteiger partial charge in [-0.2, -0.15) is 0 Å². The number of thiocarbonyl (C=S) groups is 1. The zero-order valence-corrected chi connectivity index (χ0v) is 19.4. The van der Waals surface area contributed by atoms with Crippen LogP contribution in [0.3, 0.4) is 0 Å². The highest BCUT2D eigenvalue weighted by Gasteiger charge is 2.34. The monoisotopic (exact) mass is 473 g/mol. The molecule has 4 nitrogen and oxygen atoms in total. The second kappa shape index (κ2) is 11.8. The van der Waals surface area contributed by atoms with Gasteiger partial charge >= 0.3 is 0 Å². The highest BCUT2D eigenvalue weighted by molar-refractivity contribution is 7.80. The van der Waals surface area contributed by atoms with Gasteiger partial charge in [0, 0.05) is 17.5 Å². The van der Waals surface area contributed by atoms with Gasteiger partial charge < -0.3 is 16.0 Å². The molecule has 0 spiro atoms. The Hall–Kier alpha value is -1.27. The molecule has 158 valence electrons. The molecule has 2 aromatic rings. The van der Waals surface area contributed by atoms with E-state index in [0.29, 0.717) is 6.42 Å². The predicted molar refractivity (Wildman–Crippen MR) is 129 cm³/mol. The summed E-state index contributed by atoms with van der Waals surface area (Å²) in [5.41, 5.74) is 0.825. The number of carbonyl (C=O) groups excluding carboxylic acids is 1. The fourth-order valence-electron chi connectivity index (χ4n) is 2.95. The van der Waals surface area contributed by atoms with Crippen LogP contribution in [-0.4, -0.2) is 21.0 Å². The summed E-state index contributed by atoms with van der Waals surface area (Å²) in [6.07, 6.45) is 4.69. The number of hydrogen-bond acceptors (Lipinski definition) is 2. The van der Waals surface area contributed by atoms with Crippen molar-refractivity contribution in [2.24, 2.45) is 0 Å². The van der Waals surface area contributed by atoms with Crippen LogP contribution in [0.15, 0.2) is 42.5 Å². The van der Waals surface area contributed by atoms with Crippen molar-refractivity contribution in [3.05, 3.63) is 42.5 Å².